The van der Waals surface area contributed by atoms with Gasteiger partial charge in [0.25, 0.3) is 0 Å². The summed E-state index contributed by atoms with van der Waals surface area (Å²) in [6, 6.07) is 0. The van der Waals surface area contributed by atoms with Crippen LogP contribution in [0, 0.1) is 0 Å². The van der Waals surface area contributed by atoms with E-state index in [0.717, 1.165) is 0 Å². The van der Waals surface area contributed by atoms with Crippen LogP contribution >= 0.6 is 31.6 Å². The van der Waals surface area contributed by atoms with Gasteiger partial charge in [0, 0.05) is 18.0 Å². The molecule has 1 saturated heterocycles. The molecule has 1 aliphatic rings. The first-order valence-electron chi connectivity index (χ1n) is 2.17. The predicted octanol–water partition coefficient (Wildman–Crippen LogP) is 1.29. The summed E-state index contributed by atoms with van der Waals surface area (Å²) in [6.07, 6.45) is 0. The molecule has 1 rings (SSSR count). The lowest BCUT2D eigenvalue weighted by Crippen LogP contribution is -2.26. The van der Waals surface area contributed by atoms with Gasteiger partial charge < -0.3 is 5.11 Å². The summed E-state index contributed by atoms with van der Waals surface area (Å²) in [5.74, 6) is -0.764. The molecule has 52 valence electrons. The first kappa shape index (κ1) is 7.59. The Morgan fingerprint density at radius 1 is 1.78 bits per heavy atom. The van der Waals surface area contributed by atoms with Crippen molar-refractivity contribution in [1.29, 1.82) is 0 Å². The molecule has 9 heavy (non-hydrogen) atoms. The van der Waals surface area contributed by atoms with Gasteiger partial charge in [-0.3, -0.25) is 0 Å². The van der Waals surface area contributed by atoms with E-state index >= 15 is 0 Å². The molecule has 0 aromatic rings. The van der Waals surface area contributed by atoms with Gasteiger partial charge >= 0.3 is 5.97 Å². The van der Waals surface area contributed by atoms with Gasteiger partial charge in [0.1, 0.15) is 0 Å². The average molecular weight is 183 g/mol. The van der Waals surface area contributed by atoms with Crippen LogP contribution in [-0.2, 0) is 4.79 Å². The molecule has 0 amide bonds. The van der Waals surface area contributed by atoms with Crippen LogP contribution in [0.25, 0.3) is 0 Å². The van der Waals surface area contributed by atoms with Crippen molar-refractivity contribution < 1.29 is 9.90 Å². The Balaban J connectivity index is 2.49. The molecule has 0 bridgehead atoms. The molecule has 1 fully saturated rings. The number of hydrogen-bond donors (Lipinski definition) is 1. The normalized spacial score (nSPS) is 28.8. The number of hydrogen-bond acceptors (Lipinski definition) is 5. The second-order valence-corrected chi connectivity index (χ2v) is 5.63. The number of carboxylic acids is 1. The van der Waals surface area contributed by atoms with Crippen LogP contribution in [0.5, 0.6) is 0 Å². The highest BCUT2D eigenvalue weighted by molar-refractivity contribution is 9.10. The highest BCUT2D eigenvalue weighted by Crippen LogP contribution is 2.49. The molecule has 0 aromatic heterocycles. The van der Waals surface area contributed by atoms with Gasteiger partial charge in [-0.05, 0) is 20.6 Å². The smallest absolute Gasteiger partial charge is 0.333 e. The number of carboxylic acid groups (broad SMARTS) is 1. The van der Waals surface area contributed by atoms with E-state index in [0.29, 0.717) is 0 Å². The first-order valence-corrected chi connectivity index (χ1v) is 5.68. The monoisotopic (exact) mass is 183 g/mol. The van der Waals surface area contributed by atoms with Crippen LogP contribution in [0.3, 0.4) is 0 Å². The largest absolute Gasteiger partial charge is 0.479 e. The fourth-order valence-corrected chi connectivity index (χ4v) is 4.92. The molecular weight excluding hydrogens is 178 g/mol. The van der Waals surface area contributed by atoms with Crippen molar-refractivity contribution in [2.45, 2.75) is 5.37 Å². The van der Waals surface area contributed by atoms with Gasteiger partial charge in [0.05, 0.1) is 0 Å². The molecule has 1 heterocycles. The number of nitrogens with zero attached hydrogens (tertiary/aromatic N) is 1. The van der Waals surface area contributed by atoms with E-state index in [-0.39, 0.29) is 5.37 Å². The maximum atomic E-state index is 10.3. The minimum Gasteiger partial charge on any atom is -0.479 e. The second kappa shape index (κ2) is 3.05. The van der Waals surface area contributed by atoms with Gasteiger partial charge in [-0.15, -0.1) is 0 Å². The van der Waals surface area contributed by atoms with Crippen LogP contribution in [0.4, 0.5) is 0 Å². The number of carbonyl (C=O) groups is 1. The summed E-state index contributed by atoms with van der Waals surface area (Å²) >= 11 is 0. The third-order valence-corrected chi connectivity index (χ3v) is 5.16. The summed E-state index contributed by atoms with van der Waals surface area (Å²) < 4.78 is 1.72. The predicted molar refractivity (Wildman–Crippen MR) is 42.0 cm³/mol. The lowest BCUT2D eigenvalue weighted by atomic mass is 10.7. The van der Waals surface area contributed by atoms with Crippen molar-refractivity contribution in [3.05, 3.63) is 0 Å². The van der Waals surface area contributed by atoms with Crippen molar-refractivity contribution in [2.24, 2.45) is 0 Å². The summed E-state index contributed by atoms with van der Waals surface area (Å²) in [6.45, 7) is 0. The van der Waals surface area contributed by atoms with Gasteiger partial charge in [0.2, 0.25) is 0 Å². The quantitative estimate of drug-likeness (QED) is 0.488. The number of aliphatic carboxylic acids is 1. The SMILES string of the molecule is CN1SSSC1C(=O)O. The molecule has 1 atom stereocenters. The van der Waals surface area contributed by atoms with E-state index in [9.17, 15) is 4.79 Å². The van der Waals surface area contributed by atoms with Crippen molar-refractivity contribution in [3.63, 3.8) is 0 Å². The van der Waals surface area contributed by atoms with Crippen molar-refractivity contribution >= 4 is 37.6 Å². The number of rotatable bonds is 1. The van der Waals surface area contributed by atoms with Crippen molar-refractivity contribution in [3.8, 4) is 0 Å². The first-order chi connectivity index (χ1) is 4.22. The molecule has 1 N–H and O–H groups in total. The van der Waals surface area contributed by atoms with Crippen LogP contribution in [0.2, 0.25) is 0 Å². The van der Waals surface area contributed by atoms with E-state index in [1.165, 1.54) is 31.6 Å². The Bertz CT molecular complexity index is 130. The van der Waals surface area contributed by atoms with E-state index in [1.807, 2.05) is 0 Å². The Hall–Kier alpha value is 0.480. The summed E-state index contributed by atoms with van der Waals surface area (Å²) in [7, 11) is 6.10. The third-order valence-electron chi connectivity index (χ3n) is 0.820. The van der Waals surface area contributed by atoms with Gasteiger partial charge in [-0.1, -0.05) is 0 Å². The summed E-state index contributed by atoms with van der Waals surface area (Å²) in [5.41, 5.74) is 0. The van der Waals surface area contributed by atoms with Crippen LogP contribution in [0.1, 0.15) is 0 Å². The summed E-state index contributed by atoms with van der Waals surface area (Å²) in [4.78, 5) is 10.3. The van der Waals surface area contributed by atoms with Crippen LogP contribution < -0.4 is 0 Å². The lowest BCUT2D eigenvalue weighted by Gasteiger charge is -2.08. The fourth-order valence-electron chi connectivity index (χ4n) is 0.399. The standard InChI is InChI=1S/C3H5NO2S3/c1-4-2(3(5)6)7-9-8-4/h2H,1H3,(H,5,6). The number of likely N-dealkylation sites (N-methyl/N-ethyl adjacent to an activating group) is 1. The summed E-state index contributed by atoms with van der Waals surface area (Å²) in [5, 5.41) is 8.12. The molecule has 0 spiro atoms. The Morgan fingerprint density at radius 2 is 2.44 bits per heavy atom. The molecule has 0 aromatic carbocycles. The van der Waals surface area contributed by atoms with Gasteiger partial charge in [0.15, 0.2) is 5.37 Å². The average Bonchev–Trinajstić information content (AvgIpc) is 2.13. The van der Waals surface area contributed by atoms with Gasteiger partial charge in [-0.2, -0.15) is 0 Å². The molecule has 1 aliphatic heterocycles. The minimum absolute atomic E-state index is 0.375. The van der Waals surface area contributed by atoms with E-state index in [2.05, 4.69) is 0 Å². The van der Waals surface area contributed by atoms with Gasteiger partial charge in [-0.25, -0.2) is 9.10 Å². The van der Waals surface area contributed by atoms with Crippen LogP contribution in [-0.4, -0.2) is 27.8 Å². The Kier molecular flexibility index (Phi) is 2.57. The Morgan fingerprint density at radius 3 is 2.67 bits per heavy atom. The van der Waals surface area contributed by atoms with Crippen molar-refractivity contribution in [2.75, 3.05) is 7.05 Å². The Labute approximate surface area is 64.5 Å². The van der Waals surface area contributed by atoms with E-state index in [4.69, 9.17) is 5.11 Å². The zero-order valence-electron chi connectivity index (χ0n) is 4.60. The lowest BCUT2D eigenvalue weighted by molar-refractivity contribution is -0.138. The molecule has 3 nitrogen and oxygen atoms in total. The molecular formula is C3H5NO2S3. The maximum absolute atomic E-state index is 10.3. The third kappa shape index (κ3) is 1.70. The molecule has 6 heteroatoms. The van der Waals surface area contributed by atoms with E-state index in [1.54, 1.807) is 11.4 Å². The van der Waals surface area contributed by atoms with Crippen LogP contribution in [0.15, 0.2) is 0 Å². The zero-order valence-corrected chi connectivity index (χ0v) is 7.05. The topological polar surface area (TPSA) is 40.5 Å². The fraction of sp³-hybridized carbons (Fsp3) is 0.667. The molecule has 0 saturated carbocycles. The highest BCUT2D eigenvalue weighted by Gasteiger charge is 2.30. The minimum atomic E-state index is -0.764. The molecule has 1 unspecified atom stereocenters. The second-order valence-electron chi connectivity index (χ2n) is 1.48. The molecule has 0 aliphatic carbocycles. The zero-order chi connectivity index (χ0) is 6.85. The van der Waals surface area contributed by atoms with E-state index < -0.39 is 5.97 Å². The highest BCUT2D eigenvalue weighted by atomic mass is 33.5. The maximum Gasteiger partial charge on any atom is 0.333 e. The molecule has 0 radical (unpaired) electrons. The van der Waals surface area contributed by atoms with Crippen molar-refractivity contribution in [1.82, 2.24) is 4.31 Å².